The van der Waals surface area contributed by atoms with Gasteiger partial charge < -0.3 is 23.6 Å². The van der Waals surface area contributed by atoms with E-state index in [0.717, 1.165) is 31.7 Å². The van der Waals surface area contributed by atoms with Gasteiger partial charge >= 0.3 is 8.56 Å². The number of rotatable bonds is 26. The van der Waals surface area contributed by atoms with Gasteiger partial charge in [0, 0.05) is 14.2 Å². The van der Waals surface area contributed by atoms with Crippen molar-refractivity contribution in [3.8, 4) is 0 Å². The minimum Gasteiger partial charge on any atom is -0.398 e. The Balaban J connectivity index is 5.78. The van der Waals surface area contributed by atoms with Crippen molar-refractivity contribution in [3.05, 3.63) is 0 Å². The lowest BCUT2D eigenvalue weighted by molar-refractivity contribution is 0.151. The highest BCUT2D eigenvalue weighted by Crippen LogP contribution is 2.44. The number of hydrogen-bond acceptors (Lipinski definition) is 5. The molecule has 0 aromatic heterocycles. The molecule has 0 fully saturated rings. The van der Waals surface area contributed by atoms with E-state index in [4.69, 9.17) is 8.85 Å². The molecule has 5 nitrogen and oxygen atoms in total. The molecule has 0 saturated carbocycles. The molecule has 0 saturated heterocycles. The molecule has 0 aliphatic heterocycles. The maximum absolute atomic E-state index is 6.24. The maximum Gasteiger partial charge on any atom is 0.337 e. The number of nitrogens with zero attached hydrogens (tertiary/aromatic N) is 3. The van der Waals surface area contributed by atoms with Gasteiger partial charge in [-0.1, -0.05) is 48.5 Å². The van der Waals surface area contributed by atoms with E-state index < -0.39 is 8.56 Å². The Morgan fingerprint density at radius 3 is 1.08 bits per heavy atom. The fourth-order valence-electron chi connectivity index (χ4n) is 6.12. The third kappa shape index (κ3) is 14.2. The Labute approximate surface area is 228 Å². The summed E-state index contributed by atoms with van der Waals surface area (Å²) in [5, 5.41) is 0. The lowest BCUT2D eigenvalue weighted by Gasteiger charge is -2.41. The Morgan fingerprint density at radius 2 is 0.861 bits per heavy atom. The monoisotopic (exact) mass is 530 g/mol. The average Bonchev–Trinajstić information content (AvgIpc) is 2.90. The van der Waals surface area contributed by atoms with Gasteiger partial charge in [0.1, 0.15) is 0 Å². The van der Waals surface area contributed by atoms with E-state index in [0.29, 0.717) is 5.41 Å². The molecule has 0 radical (unpaired) electrons. The molecule has 0 spiro atoms. The van der Waals surface area contributed by atoms with E-state index in [2.05, 4.69) is 63.2 Å². The highest BCUT2D eigenvalue weighted by atomic mass is 28.4. The highest BCUT2D eigenvalue weighted by molar-refractivity contribution is 6.67. The van der Waals surface area contributed by atoms with E-state index in [1.54, 1.807) is 0 Å². The molecular weight excluding hydrogens is 462 g/mol. The topological polar surface area (TPSA) is 28.2 Å². The second kappa shape index (κ2) is 21.9. The lowest BCUT2D eigenvalue weighted by Crippen LogP contribution is -2.45. The van der Waals surface area contributed by atoms with Crippen LogP contribution in [0.4, 0.5) is 0 Å². The van der Waals surface area contributed by atoms with E-state index in [1.807, 2.05) is 14.2 Å². The van der Waals surface area contributed by atoms with Crippen LogP contribution in [0.25, 0.3) is 0 Å². The van der Waals surface area contributed by atoms with Gasteiger partial charge in [0.15, 0.2) is 0 Å². The first-order valence-corrected chi connectivity index (χ1v) is 17.9. The SMILES string of the molecule is CCCN(CC)CCCC(CCCN(CC)CCC)(CCCN(CC)CCC)C[Si](CC)(OC)OC. The van der Waals surface area contributed by atoms with Crippen LogP contribution in [0.3, 0.4) is 0 Å². The Morgan fingerprint density at radius 1 is 0.528 bits per heavy atom. The second-order valence-electron chi connectivity index (χ2n) is 11.0. The van der Waals surface area contributed by atoms with Crippen molar-refractivity contribution in [1.29, 1.82) is 0 Å². The van der Waals surface area contributed by atoms with Gasteiger partial charge in [-0.15, -0.1) is 0 Å². The summed E-state index contributed by atoms with van der Waals surface area (Å²) in [6.07, 6.45) is 11.5. The van der Waals surface area contributed by atoms with Crippen LogP contribution in [0.15, 0.2) is 0 Å². The molecule has 0 aliphatic rings. The van der Waals surface area contributed by atoms with Crippen molar-refractivity contribution >= 4 is 8.56 Å². The first-order chi connectivity index (χ1) is 17.4. The Bertz CT molecular complexity index is 432. The van der Waals surface area contributed by atoms with Crippen LogP contribution in [-0.4, -0.2) is 96.4 Å². The van der Waals surface area contributed by atoms with E-state index in [1.165, 1.54) is 97.1 Å². The van der Waals surface area contributed by atoms with Crippen molar-refractivity contribution in [3.63, 3.8) is 0 Å². The van der Waals surface area contributed by atoms with Crippen LogP contribution in [0.5, 0.6) is 0 Å². The first-order valence-electron chi connectivity index (χ1n) is 15.6. The first kappa shape index (κ1) is 36.0. The lowest BCUT2D eigenvalue weighted by atomic mass is 9.76. The predicted molar refractivity (Wildman–Crippen MR) is 162 cm³/mol. The van der Waals surface area contributed by atoms with Crippen molar-refractivity contribution < 1.29 is 8.85 Å². The third-order valence-electron chi connectivity index (χ3n) is 8.43. The van der Waals surface area contributed by atoms with Gasteiger partial charge in [0.05, 0.1) is 0 Å². The molecule has 0 bridgehead atoms. The van der Waals surface area contributed by atoms with E-state index in [9.17, 15) is 0 Å². The third-order valence-corrected chi connectivity index (χ3v) is 12.3. The van der Waals surface area contributed by atoms with Crippen LogP contribution in [0.2, 0.25) is 12.1 Å². The molecule has 0 amide bonds. The second-order valence-corrected chi connectivity index (χ2v) is 14.7. The van der Waals surface area contributed by atoms with Gasteiger partial charge in [0.25, 0.3) is 0 Å². The predicted octanol–water partition coefficient (Wildman–Crippen LogP) is 7.26. The molecule has 0 aliphatic carbocycles. The summed E-state index contributed by atoms with van der Waals surface area (Å²) >= 11 is 0. The average molecular weight is 530 g/mol. The zero-order chi connectivity index (χ0) is 27.3. The molecule has 0 atom stereocenters. The fraction of sp³-hybridized carbons (Fsp3) is 1.00. The van der Waals surface area contributed by atoms with E-state index >= 15 is 0 Å². The summed E-state index contributed by atoms with van der Waals surface area (Å²) in [5.41, 5.74) is 0.317. The summed E-state index contributed by atoms with van der Waals surface area (Å²) in [7, 11) is 1.62. The fourth-order valence-corrected chi connectivity index (χ4v) is 9.07. The zero-order valence-corrected chi connectivity index (χ0v) is 27.3. The van der Waals surface area contributed by atoms with Gasteiger partial charge in [-0.25, -0.2) is 0 Å². The minimum atomic E-state index is -2.20. The van der Waals surface area contributed by atoms with Crippen LogP contribution in [0, 0.1) is 5.41 Å². The maximum atomic E-state index is 6.24. The Kier molecular flexibility index (Phi) is 21.9. The normalized spacial score (nSPS) is 13.0. The van der Waals surface area contributed by atoms with Gasteiger partial charge in [-0.3, -0.25) is 0 Å². The summed E-state index contributed by atoms with van der Waals surface area (Å²) in [4.78, 5) is 7.92. The Hall–Kier alpha value is 0.0169. The molecule has 0 aromatic carbocycles. The molecule has 36 heavy (non-hydrogen) atoms. The number of hydrogen-bond donors (Lipinski definition) is 0. The van der Waals surface area contributed by atoms with Gasteiger partial charge in [-0.2, -0.15) is 0 Å². The minimum absolute atomic E-state index is 0.317. The van der Waals surface area contributed by atoms with Crippen molar-refractivity contribution in [2.75, 3.05) is 73.1 Å². The molecule has 0 aromatic rings. The van der Waals surface area contributed by atoms with Crippen LogP contribution >= 0.6 is 0 Å². The quantitative estimate of drug-likeness (QED) is 0.110. The molecule has 6 heteroatoms. The van der Waals surface area contributed by atoms with Crippen LogP contribution in [-0.2, 0) is 8.85 Å². The van der Waals surface area contributed by atoms with Crippen molar-refractivity contribution in [1.82, 2.24) is 14.7 Å². The summed E-state index contributed by atoms with van der Waals surface area (Å²) < 4.78 is 12.5. The molecule has 218 valence electrons. The van der Waals surface area contributed by atoms with Crippen LogP contribution < -0.4 is 0 Å². The van der Waals surface area contributed by atoms with Crippen molar-refractivity contribution in [2.45, 2.75) is 118 Å². The molecular formula is C30H67N3O2Si. The smallest absolute Gasteiger partial charge is 0.337 e. The van der Waals surface area contributed by atoms with E-state index in [-0.39, 0.29) is 0 Å². The van der Waals surface area contributed by atoms with Gasteiger partial charge in [-0.05, 0) is 134 Å². The largest absolute Gasteiger partial charge is 0.398 e. The van der Waals surface area contributed by atoms with Gasteiger partial charge in [0.2, 0.25) is 0 Å². The zero-order valence-electron chi connectivity index (χ0n) is 26.3. The molecule has 0 heterocycles. The molecule has 0 N–H and O–H groups in total. The van der Waals surface area contributed by atoms with Crippen molar-refractivity contribution in [2.24, 2.45) is 5.41 Å². The molecule has 0 rings (SSSR count). The highest BCUT2D eigenvalue weighted by Gasteiger charge is 2.43. The summed E-state index contributed by atoms with van der Waals surface area (Å²) in [6, 6.07) is 2.18. The molecule has 0 unspecified atom stereocenters. The summed E-state index contributed by atoms with van der Waals surface area (Å²) in [5.74, 6) is 0. The van der Waals surface area contributed by atoms with Crippen LogP contribution in [0.1, 0.15) is 106 Å². The standard InChI is InChI=1S/C30H67N3O2Si/c1-10-23-31(13-4)26-17-20-30(29-36(16-7,34-8)35-9,21-18-27-32(14-5)24-11-2)22-19-28-33(15-6)25-12-3/h10-29H2,1-9H3. The summed E-state index contributed by atoms with van der Waals surface area (Å²) in [6.45, 7) is 26.9.